The number of rotatable bonds is 1. The van der Waals surface area contributed by atoms with Crippen LogP contribution < -0.4 is 5.32 Å². The molecule has 0 aromatic rings. The zero-order valence-corrected chi connectivity index (χ0v) is 8.66. The molecule has 12 heavy (non-hydrogen) atoms. The molecule has 0 spiro atoms. The first-order chi connectivity index (χ1) is 5.68. The van der Waals surface area contributed by atoms with Crippen LogP contribution in [0.4, 0.5) is 0 Å². The third-order valence-electron chi connectivity index (χ3n) is 3.09. The Labute approximate surface area is 79.0 Å². The van der Waals surface area contributed by atoms with Crippen LogP contribution in [0, 0.1) is 17.8 Å². The van der Waals surface area contributed by atoms with E-state index >= 15 is 0 Å². The van der Waals surface area contributed by atoms with Crippen LogP contribution in [-0.2, 0) is 0 Å². The summed E-state index contributed by atoms with van der Waals surface area (Å²) in [7, 11) is 0. The molecule has 0 saturated carbocycles. The SMILES string of the molecule is C=C1CC2C(N1)SCC2C(C)C. The van der Waals surface area contributed by atoms with Crippen molar-refractivity contribution in [3.05, 3.63) is 12.3 Å². The average Bonchev–Trinajstić information content (AvgIpc) is 2.43. The van der Waals surface area contributed by atoms with E-state index in [0.717, 1.165) is 17.8 Å². The molecule has 0 bridgehead atoms. The van der Waals surface area contributed by atoms with Gasteiger partial charge in [-0.25, -0.2) is 0 Å². The fourth-order valence-electron chi connectivity index (χ4n) is 2.33. The van der Waals surface area contributed by atoms with Crippen molar-refractivity contribution in [3.63, 3.8) is 0 Å². The number of fused-ring (bicyclic) bond motifs is 1. The van der Waals surface area contributed by atoms with Crippen molar-refractivity contribution < 1.29 is 0 Å². The van der Waals surface area contributed by atoms with Crippen molar-refractivity contribution in [2.45, 2.75) is 25.6 Å². The summed E-state index contributed by atoms with van der Waals surface area (Å²) < 4.78 is 0. The van der Waals surface area contributed by atoms with E-state index in [1.165, 1.54) is 17.9 Å². The van der Waals surface area contributed by atoms with Crippen LogP contribution in [0.3, 0.4) is 0 Å². The van der Waals surface area contributed by atoms with Gasteiger partial charge in [0.2, 0.25) is 0 Å². The minimum absolute atomic E-state index is 0.685. The third kappa shape index (κ3) is 1.26. The molecular formula is C10H17NS. The first kappa shape index (κ1) is 8.49. The highest BCUT2D eigenvalue weighted by atomic mass is 32.2. The van der Waals surface area contributed by atoms with Crippen molar-refractivity contribution in [3.8, 4) is 0 Å². The molecule has 2 aliphatic heterocycles. The quantitative estimate of drug-likeness (QED) is 0.670. The van der Waals surface area contributed by atoms with Gasteiger partial charge < -0.3 is 5.32 Å². The van der Waals surface area contributed by atoms with Gasteiger partial charge in [0.05, 0.1) is 5.37 Å². The molecule has 3 unspecified atom stereocenters. The topological polar surface area (TPSA) is 12.0 Å². The van der Waals surface area contributed by atoms with Crippen LogP contribution in [0.1, 0.15) is 20.3 Å². The lowest BCUT2D eigenvalue weighted by molar-refractivity contribution is 0.310. The van der Waals surface area contributed by atoms with Gasteiger partial charge in [0, 0.05) is 5.70 Å². The Morgan fingerprint density at radius 1 is 1.58 bits per heavy atom. The Kier molecular flexibility index (Phi) is 2.11. The summed E-state index contributed by atoms with van der Waals surface area (Å²) in [5, 5.41) is 4.15. The largest absolute Gasteiger partial charge is 0.377 e. The molecule has 2 heteroatoms. The Balaban J connectivity index is 2.08. The zero-order valence-electron chi connectivity index (χ0n) is 7.84. The molecule has 2 aliphatic rings. The van der Waals surface area contributed by atoms with Gasteiger partial charge in [-0.1, -0.05) is 20.4 Å². The maximum absolute atomic E-state index is 4.01. The minimum Gasteiger partial charge on any atom is -0.377 e. The summed E-state index contributed by atoms with van der Waals surface area (Å²) in [5.41, 5.74) is 1.25. The van der Waals surface area contributed by atoms with Gasteiger partial charge in [0.1, 0.15) is 0 Å². The van der Waals surface area contributed by atoms with Crippen LogP contribution >= 0.6 is 11.8 Å². The van der Waals surface area contributed by atoms with Gasteiger partial charge in [-0.3, -0.25) is 0 Å². The Bertz CT molecular complexity index is 200. The molecule has 68 valence electrons. The second-order valence-corrected chi connectivity index (χ2v) is 5.45. The van der Waals surface area contributed by atoms with Crippen LogP contribution in [0.15, 0.2) is 12.3 Å². The number of allylic oxidation sites excluding steroid dienone is 1. The predicted octanol–water partition coefficient (Wildman–Crippen LogP) is 2.45. The highest BCUT2D eigenvalue weighted by Crippen LogP contribution is 2.45. The fraction of sp³-hybridized carbons (Fsp3) is 0.800. The van der Waals surface area contributed by atoms with E-state index in [9.17, 15) is 0 Å². The van der Waals surface area contributed by atoms with E-state index < -0.39 is 0 Å². The van der Waals surface area contributed by atoms with Gasteiger partial charge >= 0.3 is 0 Å². The molecule has 3 atom stereocenters. The lowest BCUT2D eigenvalue weighted by Crippen LogP contribution is -2.23. The Hall–Kier alpha value is -0.110. The van der Waals surface area contributed by atoms with Gasteiger partial charge in [0.15, 0.2) is 0 Å². The lowest BCUT2D eigenvalue weighted by Gasteiger charge is -2.19. The first-order valence-corrected chi connectivity index (χ1v) is 5.79. The Morgan fingerprint density at radius 2 is 2.33 bits per heavy atom. The minimum atomic E-state index is 0.685. The van der Waals surface area contributed by atoms with Crippen molar-refractivity contribution in [2.24, 2.45) is 17.8 Å². The first-order valence-electron chi connectivity index (χ1n) is 4.74. The van der Waals surface area contributed by atoms with Gasteiger partial charge in [-0.2, -0.15) is 0 Å². The van der Waals surface area contributed by atoms with Gasteiger partial charge in [-0.05, 0) is 29.9 Å². The third-order valence-corrected chi connectivity index (χ3v) is 4.50. The highest BCUT2D eigenvalue weighted by Gasteiger charge is 2.42. The molecule has 2 rings (SSSR count). The summed E-state index contributed by atoms with van der Waals surface area (Å²) in [6, 6.07) is 0. The molecular weight excluding hydrogens is 166 g/mol. The lowest BCUT2D eigenvalue weighted by atomic mass is 9.84. The zero-order chi connectivity index (χ0) is 8.72. The number of hydrogen-bond donors (Lipinski definition) is 1. The van der Waals surface area contributed by atoms with E-state index in [-0.39, 0.29) is 0 Å². The van der Waals surface area contributed by atoms with E-state index in [1.54, 1.807) is 0 Å². The van der Waals surface area contributed by atoms with Gasteiger partial charge in [-0.15, -0.1) is 11.8 Å². The van der Waals surface area contributed by atoms with Gasteiger partial charge in [0.25, 0.3) is 0 Å². The molecule has 0 aliphatic carbocycles. The molecule has 0 radical (unpaired) electrons. The molecule has 0 aromatic carbocycles. The molecule has 1 nitrogen and oxygen atoms in total. The molecule has 2 saturated heterocycles. The monoisotopic (exact) mass is 183 g/mol. The normalized spacial score (nSPS) is 40.2. The summed E-state index contributed by atoms with van der Waals surface area (Å²) in [5.74, 6) is 3.95. The average molecular weight is 183 g/mol. The van der Waals surface area contributed by atoms with E-state index in [1.807, 2.05) is 0 Å². The van der Waals surface area contributed by atoms with Crippen molar-refractivity contribution in [1.29, 1.82) is 0 Å². The van der Waals surface area contributed by atoms with E-state index in [0.29, 0.717) is 5.37 Å². The number of hydrogen-bond acceptors (Lipinski definition) is 2. The summed E-state index contributed by atoms with van der Waals surface area (Å²) in [6.45, 7) is 8.69. The second kappa shape index (κ2) is 2.99. The second-order valence-electron chi connectivity index (χ2n) is 4.28. The van der Waals surface area contributed by atoms with Crippen LogP contribution in [0.25, 0.3) is 0 Å². The molecule has 1 N–H and O–H groups in total. The molecule has 2 fully saturated rings. The van der Waals surface area contributed by atoms with E-state index in [2.05, 4.69) is 37.5 Å². The maximum atomic E-state index is 4.01. The highest BCUT2D eigenvalue weighted by molar-refractivity contribution is 8.00. The van der Waals surface area contributed by atoms with Crippen LogP contribution in [0.5, 0.6) is 0 Å². The molecule has 0 aromatic heterocycles. The number of nitrogens with one attached hydrogen (secondary N) is 1. The van der Waals surface area contributed by atoms with Crippen molar-refractivity contribution in [2.75, 3.05) is 5.75 Å². The smallest absolute Gasteiger partial charge is 0.0754 e. The standard InChI is InChI=1S/C10H17NS/c1-6(2)9-5-12-10-8(9)4-7(3)11-10/h6,8-11H,3-5H2,1-2H3. The predicted molar refractivity (Wildman–Crippen MR) is 55.0 cm³/mol. The summed E-state index contributed by atoms with van der Waals surface area (Å²) >= 11 is 2.08. The van der Waals surface area contributed by atoms with Crippen molar-refractivity contribution in [1.82, 2.24) is 5.32 Å². The van der Waals surface area contributed by atoms with E-state index in [4.69, 9.17) is 0 Å². The van der Waals surface area contributed by atoms with Crippen LogP contribution in [-0.4, -0.2) is 11.1 Å². The fourth-order valence-corrected chi connectivity index (χ4v) is 4.18. The maximum Gasteiger partial charge on any atom is 0.0754 e. The van der Waals surface area contributed by atoms with Crippen molar-refractivity contribution >= 4 is 11.8 Å². The molecule has 2 heterocycles. The van der Waals surface area contributed by atoms with Crippen LogP contribution in [0.2, 0.25) is 0 Å². The summed E-state index contributed by atoms with van der Waals surface area (Å²) in [4.78, 5) is 0. The summed E-state index contributed by atoms with van der Waals surface area (Å²) in [6.07, 6.45) is 1.21. The number of thioether (sulfide) groups is 1. The molecule has 0 amide bonds. The Morgan fingerprint density at radius 3 is 3.00 bits per heavy atom.